The minimum atomic E-state index is -0.0758. The quantitative estimate of drug-likeness (QED) is 0.755. The fraction of sp³-hybridized carbons (Fsp3) is 0.238. The Balaban J connectivity index is 1.32. The molecule has 1 fully saturated rings. The van der Waals surface area contributed by atoms with Gasteiger partial charge in [0.25, 0.3) is 5.56 Å². The van der Waals surface area contributed by atoms with Gasteiger partial charge in [0.15, 0.2) is 0 Å². The molecule has 0 bridgehead atoms. The largest absolute Gasteiger partial charge is 0.369 e. The van der Waals surface area contributed by atoms with E-state index in [0.29, 0.717) is 5.39 Å². The standard InChI is InChI=1S/C21H21N5O/c27-21-16-7-4-8-17-20(16)18(13-22-21)24-19(23-17)14-25-9-11-26(12-10-25)15-5-2-1-3-6-15/h1-8,13H,9-12,14H2,(H,22,27)(H,23,24). The lowest BCUT2D eigenvalue weighted by molar-refractivity contribution is 0.291. The van der Waals surface area contributed by atoms with Gasteiger partial charge in [-0.25, -0.2) is 4.99 Å². The Morgan fingerprint density at radius 2 is 1.78 bits per heavy atom. The molecule has 2 aromatic carbocycles. The van der Waals surface area contributed by atoms with E-state index in [4.69, 9.17) is 4.99 Å². The number of piperazine rings is 1. The molecule has 0 spiro atoms. The van der Waals surface area contributed by atoms with Gasteiger partial charge in [0, 0.05) is 43.4 Å². The predicted octanol–water partition coefficient (Wildman–Crippen LogP) is 2.81. The molecule has 0 aliphatic carbocycles. The fourth-order valence-electron chi connectivity index (χ4n) is 3.91. The van der Waals surface area contributed by atoms with E-state index in [2.05, 4.69) is 50.4 Å². The van der Waals surface area contributed by atoms with Gasteiger partial charge in [-0.2, -0.15) is 0 Å². The Kier molecular flexibility index (Phi) is 3.90. The van der Waals surface area contributed by atoms with Crippen molar-refractivity contribution in [3.8, 4) is 0 Å². The molecule has 0 amide bonds. The van der Waals surface area contributed by atoms with Gasteiger partial charge < -0.3 is 15.2 Å². The summed E-state index contributed by atoms with van der Waals surface area (Å²) in [7, 11) is 0. The molecule has 0 unspecified atom stereocenters. The molecule has 3 heterocycles. The van der Waals surface area contributed by atoms with Crippen LogP contribution in [0.3, 0.4) is 0 Å². The highest BCUT2D eigenvalue weighted by molar-refractivity contribution is 6.13. The third-order valence-electron chi connectivity index (χ3n) is 5.31. The van der Waals surface area contributed by atoms with Crippen molar-refractivity contribution >= 4 is 33.7 Å². The summed E-state index contributed by atoms with van der Waals surface area (Å²) in [5.74, 6) is 0.926. The first kappa shape index (κ1) is 16.1. The van der Waals surface area contributed by atoms with Gasteiger partial charge in [-0.3, -0.25) is 9.69 Å². The van der Waals surface area contributed by atoms with E-state index in [9.17, 15) is 4.79 Å². The maximum atomic E-state index is 12.0. The highest BCUT2D eigenvalue weighted by atomic mass is 16.1. The number of anilines is 2. The van der Waals surface area contributed by atoms with Crippen molar-refractivity contribution in [3.05, 3.63) is 65.1 Å². The molecule has 3 aromatic rings. The lowest BCUT2D eigenvalue weighted by Crippen LogP contribution is -2.48. The van der Waals surface area contributed by atoms with Crippen molar-refractivity contribution in [3.63, 3.8) is 0 Å². The van der Waals surface area contributed by atoms with Crippen molar-refractivity contribution in [2.45, 2.75) is 0 Å². The summed E-state index contributed by atoms with van der Waals surface area (Å²) < 4.78 is 0. The summed E-state index contributed by atoms with van der Waals surface area (Å²) in [6.07, 6.45) is 1.75. The van der Waals surface area contributed by atoms with Crippen molar-refractivity contribution in [2.24, 2.45) is 4.99 Å². The number of hydrogen-bond acceptors (Lipinski definition) is 5. The van der Waals surface area contributed by atoms with Crippen LogP contribution in [-0.2, 0) is 0 Å². The van der Waals surface area contributed by atoms with Crippen LogP contribution in [0.2, 0.25) is 0 Å². The number of hydrogen-bond donors (Lipinski definition) is 2. The number of aromatic amines is 1. The second-order valence-electron chi connectivity index (χ2n) is 7.01. The number of para-hydroxylation sites is 1. The van der Waals surface area contributed by atoms with E-state index >= 15 is 0 Å². The second kappa shape index (κ2) is 6.55. The van der Waals surface area contributed by atoms with Gasteiger partial charge >= 0.3 is 0 Å². The maximum Gasteiger partial charge on any atom is 0.256 e. The minimum Gasteiger partial charge on any atom is -0.369 e. The van der Waals surface area contributed by atoms with Crippen LogP contribution >= 0.6 is 0 Å². The van der Waals surface area contributed by atoms with Gasteiger partial charge in [0.1, 0.15) is 5.84 Å². The second-order valence-corrected chi connectivity index (χ2v) is 7.01. The molecule has 1 saturated heterocycles. The molecule has 136 valence electrons. The summed E-state index contributed by atoms with van der Waals surface area (Å²) in [5, 5.41) is 4.98. The van der Waals surface area contributed by atoms with Crippen LogP contribution in [0, 0.1) is 0 Å². The molecule has 0 radical (unpaired) electrons. The number of nitrogens with one attached hydrogen (secondary N) is 2. The predicted molar refractivity (Wildman–Crippen MR) is 110 cm³/mol. The van der Waals surface area contributed by atoms with Crippen molar-refractivity contribution in [2.75, 3.05) is 42.9 Å². The van der Waals surface area contributed by atoms with Crippen LogP contribution in [0.25, 0.3) is 10.8 Å². The van der Waals surface area contributed by atoms with Crippen LogP contribution in [0.5, 0.6) is 0 Å². The summed E-state index contributed by atoms with van der Waals surface area (Å²) >= 11 is 0. The number of aliphatic imine (C=N–C) groups is 1. The third-order valence-corrected chi connectivity index (χ3v) is 5.31. The first-order valence-electron chi connectivity index (χ1n) is 9.29. The summed E-state index contributed by atoms with van der Waals surface area (Å²) in [4.78, 5) is 24.5. The van der Waals surface area contributed by atoms with Gasteiger partial charge in [0.05, 0.1) is 23.3 Å². The van der Waals surface area contributed by atoms with Crippen LogP contribution in [0.4, 0.5) is 17.1 Å². The average Bonchev–Trinajstić information content (AvgIpc) is 2.72. The monoisotopic (exact) mass is 359 g/mol. The van der Waals surface area contributed by atoms with Gasteiger partial charge in [-0.1, -0.05) is 24.3 Å². The molecule has 1 aromatic heterocycles. The lowest BCUT2D eigenvalue weighted by atomic mass is 10.1. The fourth-order valence-corrected chi connectivity index (χ4v) is 3.91. The number of nitrogens with zero attached hydrogens (tertiary/aromatic N) is 3. The van der Waals surface area contributed by atoms with E-state index < -0.39 is 0 Å². The Labute approximate surface area is 157 Å². The van der Waals surface area contributed by atoms with Crippen molar-refractivity contribution < 1.29 is 0 Å². The highest BCUT2D eigenvalue weighted by Crippen LogP contribution is 2.33. The molecule has 2 aliphatic rings. The van der Waals surface area contributed by atoms with Crippen molar-refractivity contribution in [1.82, 2.24) is 9.88 Å². The van der Waals surface area contributed by atoms with Crippen LogP contribution in [0.15, 0.2) is 64.5 Å². The molecular weight excluding hydrogens is 338 g/mol. The van der Waals surface area contributed by atoms with E-state index in [1.807, 2.05) is 18.2 Å². The topological polar surface area (TPSA) is 63.7 Å². The molecule has 0 atom stereocenters. The molecule has 2 N–H and O–H groups in total. The number of rotatable bonds is 3. The van der Waals surface area contributed by atoms with E-state index in [1.54, 1.807) is 6.20 Å². The Morgan fingerprint density at radius 1 is 0.963 bits per heavy atom. The zero-order valence-electron chi connectivity index (χ0n) is 15.0. The number of amidine groups is 1. The molecule has 0 saturated carbocycles. The van der Waals surface area contributed by atoms with E-state index in [1.165, 1.54) is 5.69 Å². The van der Waals surface area contributed by atoms with Crippen molar-refractivity contribution in [1.29, 1.82) is 0 Å². The molecule has 6 nitrogen and oxygen atoms in total. The number of aromatic nitrogens is 1. The Hall–Kier alpha value is -3.12. The normalized spacial score (nSPS) is 16.9. The first-order valence-corrected chi connectivity index (χ1v) is 9.29. The zero-order valence-corrected chi connectivity index (χ0v) is 15.0. The first-order chi connectivity index (χ1) is 13.3. The van der Waals surface area contributed by atoms with Gasteiger partial charge in [-0.15, -0.1) is 0 Å². The number of pyridine rings is 1. The third kappa shape index (κ3) is 2.98. The lowest BCUT2D eigenvalue weighted by Gasteiger charge is -2.36. The van der Waals surface area contributed by atoms with Crippen LogP contribution < -0.4 is 15.8 Å². The zero-order chi connectivity index (χ0) is 18.2. The SMILES string of the molecule is O=c1[nH]cc2c3c(cccc13)N=C(CN1CCN(c3ccccc3)CC1)N2. The number of benzene rings is 2. The smallest absolute Gasteiger partial charge is 0.256 e. The van der Waals surface area contributed by atoms with E-state index in [0.717, 1.165) is 55.3 Å². The molecule has 2 aliphatic heterocycles. The van der Waals surface area contributed by atoms with Gasteiger partial charge in [-0.05, 0) is 24.3 Å². The highest BCUT2D eigenvalue weighted by Gasteiger charge is 2.21. The summed E-state index contributed by atoms with van der Waals surface area (Å²) in [6.45, 7) is 4.79. The number of H-pyrrole nitrogens is 1. The average molecular weight is 359 g/mol. The Morgan fingerprint density at radius 3 is 2.59 bits per heavy atom. The van der Waals surface area contributed by atoms with Gasteiger partial charge in [0.2, 0.25) is 0 Å². The minimum absolute atomic E-state index is 0.0758. The Bertz CT molecular complexity index is 1060. The van der Waals surface area contributed by atoms with Crippen LogP contribution in [0.1, 0.15) is 0 Å². The molecule has 27 heavy (non-hydrogen) atoms. The summed E-state index contributed by atoms with van der Waals surface area (Å²) in [6, 6.07) is 16.3. The summed E-state index contributed by atoms with van der Waals surface area (Å²) in [5.41, 5.74) is 3.00. The van der Waals surface area contributed by atoms with E-state index in [-0.39, 0.29) is 5.56 Å². The van der Waals surface area contributed by atoms with Crippen LogP contribution in [-0.4, -0.2) is 48.4 Å². The molecule has 5 rings (SSSR count). The molecular formula is C21H21N5O. The maximum absolute atomic E-state index is 12.0. The molecule has 6 heteroatoms.